The lowest BCUT2D eigenvalue weighted by Crippen LogP contribution is -2.28. The normalized spacial score (nSPS) is 15.9. The van der Waals surface area contributed by atoms with Crippen LogP contribution in [-0.4, -0.2) is 0 Å². The Balaban J connectivity index is 1.37. The van der Waals surface area contributed by atoms with Gasteiger partial charge in [0.05, 0.1) is 5.41 Å². The molecule has 1 atom stereocenters. The van der Waals surface area contributed by atoms with Crippen molar-refractivity contribution in [1.82, 2.24) is 0 Å². The van der Waals surface area contributed by atoms with E-state index in [1.165, 1.54) is 33.4 Å². The molecule has 1 unspecified atom stereocenters. The maximum atomic E-state index is 6.53. The van der Waals surface area contributed by atoms with E-state index in [4.69, 9.17) is 16.0 Å². The maximum Gasteiger partial charge on any atom is 0.143 e. The molecule has 7 aromatic rings. The third kappa shape index (κ3) is 3.14. The van der Waals surface area contributed by atoms with Crippen molar-refractivity contribution in [3.63, 3.8) is 0 Å². The van der Waals surface area contributed by atoms with Crippen LogP contribution < -0.4 is 0 Å². The van der Waals surface area contributed by atoms with Gasteiger partial charge in [-0.15, -0.1) is 0 Å². The van der Waals surface area contributed by atoms with E-state index in [2.05, 4.69) is 121 Å². The van der Waals surface area contributed by atoms with Crippen LogP contribution in [0.4, 0.5) is 0 Å². The molecule has 0 fully saturated rings. The Kier molecular flexibility index (Phi) is 4.86. The Hall–Kier alpha value is -4.59. The average molecular weight is 519 g/mol. The van der Waals surface area contributed by atoms with Crippen LogP contribution in [0.5, 0.6) is 0 Å². The summed E-state index contributed by atoms with van der Waals surface area (Å²) >= 11 is 6.53. The quantitative estimate of drug-likeness (QED) is 0.227. The zero-order valence-electron chi connectivity index (χ0n) is 21.1. The highest BCUT2D eigenvalue weighted by Crippen LogP contribution is 2.56. The van der Waals surface area contributed by atoms with E-state index in [9.17, 15) is 0 Å². The molecular weight excluding hydrogens is 496 g/mol. The van der Waals surface area contributed by atoms with Crippen molar-refractivity contribution < 1.29 is 4.42 Å². The van der Waals surface area contributed by atoms with Crippen LogP contribution in [0.15, 0.2) is 144 Å². The van der Waals surface area contributed by atoms with E-state index in [-0.39, 0.29) is 0 Å². The van der Waals surface area contributed by atoms with E-state index in [1.807, 2.05) is 18.2 Å². The summed E-state index contributed by atoms with van der Waals surface area (Å²) in [6, 6.07) is 49.6. The number of furan rings is 1. The number of para-hydroxylation sites is 2. The minimum absolute atomic E-state index is 0.443. The maximum absolute atomic E-state index is 6.53. The molecule has 0 amide bonds. The molecule has 0 bridgehead atoms. The minimum atomic E-state index is -0.443. The van der Waals surface area contributed by atoms with Gasteiger partial charge in [0.2, 0.25) is 0 Å². The summed E-state index contributed by atoms with van der Waals surface area (Å²) in [5.41, 5.74) is 11.1. The van der Waals surface area contributed by atoms with Crippen molar-refractivity contribution in [2.45, 2.75) is 5.41 Å². The molecular formula is C37H23ClO. The lowest BCUT2D eigenvalue weighted by atomic mass is 9.67. The summed E-state index contributed by atoms with van der Waals surface area (Å²) in [5.74, 6) is 0. The largest absolute Gasteiger partial charge is 0.455 e. The molecule has 39 heavy (non-hydrogen) atoms. The van der Waals surface area contributed by atoms with Gasteiger partial charge >= 0.3 is 0 Å². The van der Waals surface area contributed by atoms with E-state index in [1.54, 1.807) is 0 Å². The van der Waals surface area contributed by atoms with Gasteiger partial charge in [0.15, 0.2) is 0 Å². The highest BCUT2D eigenvalue weighted by Gasteiger charge is 2.45. The second kappa shape index (κ2) is 8.46. The van der Waals surface area contributed by atoms with Crippen LogP contribution in [0.3, 0.4) is 0 Å². The third-order valence-electron chi connectivity index (χ3n) is 8.25. The van der Waals surface area contributed by atoms with E-state index >= 15 is 0 Å². The first-order valence-electron chi connectivity index (χ1n) is 13.2. The summed E-state index contributed by atoms with van der Waals surface area (Å²) in [5, 5.41) is 3.04. The van der Waals surface area contributed by atoms with Gasteiger partial charge in [-0.1, -0.05) is 133 Å². The Bertz CT molecular complexity index is 2020. The fourth-order valence-electron chi connectivity index (χ4n) is 6.61. The highest BCUT2D eigenvalue weighted by atomic mass is 35.5. The highest BCUT2D eigenvalue weighted by molar-refractivity contribution is 6.31. The molecule has 0 radical (unpaired) electrons. The molecule has 1 aliphatic rings. The zero-order valence-corrected chi connectivity index (χ0v) is 21.8. The molecule has 184 valence electrons. The second-order valence-corrected chi connectivity index (χ2v) is 10.6. The van der Waals surface area contributed by atoms with Crippen molar-refractivity contribution >= 4 is 33.5 Å². The number of hydrogen-bond donors (Lipinski definition) is 0. The Morgan fingerprint density at radius 1 is 0.487 bits per heavy atom. The summed E-state index contributed by atoms with van der Waals surface area (Å²) in [4.78, 5) is 0. The predicted octanol–water partition coefficient (Wildman–Crippen LogP) is 10.3. The van der Waals surface area contributed by atoms with Gasteiger partial charge < -0.3 is 4.42 Å². The second-order valence-electron chi connectivity index (χ2n) is 10.2. The van der Waals surface area contributed by atoms with Crippen molar-refractivity contribution in [1.29, 1.82) is 0 Å². The summed E-state index contributed by atoms with van der Waals surface area (Å²) in [7, 11) is 0. The molecule has 0 N–H and O–H groups in total. The van der Waals surface area contributed by atoms with Gasteiger partial charge in [-0.2, -0.15) is 0 Å². The van der Waals surface area contributed by atoms with Gasteiger partial charge in [0.1, 0.15) is 11.2 Å². The van der Waals surface area contributed by atoms with Gasteiger partial charge in [-0.3, -0.25) is 0 Å². The number of rotatable bonds is 3. The molecule has 1 heterocycles. The predicted molar refractivity (Wildman–Crippen MR) is 161 cm³/mol. The smallest absolute Gasteiger partial charge is 0.143 e. The Morgan fingerprint density at radius 3 is 2.03 bits per heavy atom. The molecule has 0 saturated heterocycles. The van der Waals surface area contributed by atoms with Crippen LogP contribution in [-0.2, 0) is 5.41 Å². The Labute approximate surface area is 231 Å². The molecule has 2 heteroatoms. The molecule has 0 aliphatic heterocycles. The first-order chi connectivity index (χ1) is 19.2. The first kappa shape index (κ1) is 22.4. The summed E-state index contributed by atoms with van der Waals surface area (Å²) in [6.45, 7) is 0. The molecule has 1 aliphatic carbocycles. The van der Waals surface area contributed by atoms with Gasteiger partial charge in [-0.25, -0.2) is 0 Å². The van der Waals surface area contributed by atoms with Gasteiger partial charge in [0.25, 0.3) is 0 Å². The lowest BCUT2D eigenvalue weighted by Gasteiger charge is -2.34. The SMILES string of the molecule is Clc1ccc2c(c1)-c1ccccc1C2(c1ccccc1)c1ccc(-c2cccc3c2oc2ccccc23)cc1. The molecule has 6 aromatic carbocycles. The van der Waals surface area contributed by atoms with E-state index in [0.29, 0.717) is 0 Å². The zero-order chi connectivity index (χ0) is 26.0. The third-order valence-corrected chi connectivity index (χ3v) is 8.48. The summed E-state index contributed by atoms with van der Waals surface area (Å²) < 4.78 is 6.35. The van der Waals surface area contributed by atoms with Crippen LogP contribution in [0, 0.1) is 0 Å². The Morgan fingerprint density at radius 2 is 1.15 bits per heavy atom. The van der Waals surface area contributed by atoms with Crippen molar-refractivity contribution in [2.75, 3.05) is 0 Å². The van der Waals surface area contributed by atoms with Gasteiger partial charge in [-0.05, 0) is 57.1 Å². The van der Waals surface area contributed by atoms with Crippen LogP contribution >= 0.6 is 11.6 Å². The average Bonchev–Trinajstić information content (AvgIpc) is 3.52. The molecule has 8 rings (SSSR count). The standard InChI is InChI=1S/C37H23ClO/c38-27-21-22-34-32(23-27)29-11-4-6-15-33(29)37(34,25-9-2-1-3-10-25)26-19-17-24(18-20-26)28-13-8-14-31-30-12-5-7-16-35(30)39-36(28)31/h1-23H. The summed E-state index contributed by atoms with van der Waals surface area (Å²) in [6.07, 6.45) is 0. The fourth-order valence-corrected chi connectivity index (χ4v) is 6.78. The fraction of sp³-hybridized carbons (Fsp3) is 0.0270. The van der Waals surface area contributed by atoms with Crippen LogP contribution in [0.25, 0.3) is 44.2 Å². The number of hydrogen-bond acceptors (Lipinski definition) is 1. The topological polar surface area (TPSA) is 13.1 Å². The number of benzene rings is 6. The molecule has 1 aromatic heterocycles. The number of halogens is 1. The van der Waals surface area contributed by atoms with E-state index in [0.717, 1.165) is 38.1 Å². The van der Waals surface area contributed by atoms with Crippen molar-refractivity contribution in [2.24, 2.45) is 0 Å². The van der Waals surface area contributed by atoms with Crippen LogP contribution in [0.1, 0.15) is 22.3 Å². The molecule has 0 saturated carbocycles. The molecule has 0 spiro atoms. The first-order valence-corrected chi connectivity index (χ1v) is 13.6. The number of fused-ring (bicyclic) bond motifs is 6. The monoisotopic (exact) mass is 518 g/mol. The van der Waals surface area contributed by atoms with Crippen molar-refractivity contribution in [3.8, 4) is 22.3 Å². The van der Waals surface area contributed by atoms with E-state index < -0.39 is 5.41 Å². The van der Waals surface area contributed by atoms with Gasteiger partial charge in [0, 0.05) is 21.4 Å². The lowest BCUT2D eigenvalue weighted by molar-refractivity contribution is 0.670. The minimum Gasteiger partial charge on any atom is -0.455 e. The van der Waals surface area contributed by atoms with Crippen LogP contribution in [0.2, 0.25) is 5.02 Å². The van der Waals surface area contributed by atoms with Crippen molar-refractivity contribution in [3.05, 3.63) is 167 Å². The molecule has 1 nitrogen and oxygen atoms in total.